The van der Waals surface area contributed by atoms with Crippen LogP contribution in [-0.4, -0.2) is 48.2 Å². The first kappa shape index (κ1) is 18.2. The van der Waals surface area contributed by atoms with Crippen molar-refractivity contribution < 1.29 is 19.2 Å². The van der Waals surface area contributed by atoms with Crippen molar-refractivity contribution in [2.45, 2.75) is 38.8 Å². The number of carbonyl (C=O) groups excluding carboxylic acids is 2. The van der Waals surface area contributed by atoms with Crippen molar-refractivity contribution in [1.29, 1.82) is 0 Å². The number of hydroxylamine groups is 1. The number of amides is 2. The Bertz CT molecular complexity index is 454. The van der Waals surface area contributed by atoms with Gasteiger partial charge in [-0.2, -0.15) is 5.48 Å². The number of primary amides is 1. The van der Waals surface area contributed by atoms with Crippen LogP contribution in [0.2, 0.25) is 0 Å². The number of hydrogen-bond donors (Lipinski definition) is 2. The van der Waals surface area contributed by atoms with E-state index in [1.54, 1.807) is 17.1 Å². The van der Waals surface area contributed by atoms with Gasteiger partial charge in [0.05, 0.1) is 12.6 Å². The maximum Gasteiger partial charge on any atom is 0.410 e. The minimum atomic E-state index is -0.559. The zero-order valence-corrected chi connectivity index (χ0v) is 13.4. The van der Waals surface area contributed by atoms with Crippen LogP contribution in [0.1, 0.15) is 27.2 Å². The van der Waals surface area contributed by atoms with E-state index in [1.165, 1.54) is 0 Å². The molecule has 0 aromatic rings. The molecule has 22 heavy (non-hydrogen) atoms. The van der Waals surface area contributed by atoms with E-state index in [1.807, 2.05) is 20.8 Å². The van der Waals surface area contributed by atoms with Crippen LogP contribution in [0.3, 0.4) is 0 Å². The van der Waals surface area contributed by atoms with Crippen LogP contribution in [0.25, 0.3) is 0 Å². The minimum absolute atomic E-state index is 0.122. The summed E-state index contributed by atoms with van der Waals surface area (Å²) in [7, 11) is 0. The highest BCUT2D eigenvalue weighted by Gasteiger charge is 2.29. The SMILES string of the molecule is C=CCONC1CN(C(=O)OC(C)(C)C)CC=C1CC(N)=O. The first-order valence-corrected chi connectivity index (χ1v) is 7.16. The summed E-state index contributed by atoms with van der Waals surface area (Å²) < 4.78 is 5.35. The molecule has 1 heterocycles. The Kier molecular flexibility index (Phi) is 6.58. The first-order chi connectivity index (χ1) is 10.2. The molecule has 1 aliphatic heterocycles. The standard InChI is InChI=1S/C15H25N3O4/c1-5-8-21-17-12-10-18(14(20)22-15(2,3)4)7-6-11(12)9-13(16)19/h5-6,12,17H,1,7-10H2,2-4H3,(H2,16,19). The van der Waals surface area contributed by atoms with Gasteiger partial charge in [0.1, 0.15) is 5.60 Å². The van der Waals surface area contributed by atoms with Gasteiger partial charge in [-0.05, 0) is 26.3 Å². The minimum Gasteiger partial charge on any atom is -0.444 e. The molecule has 1 atom stereocenters. The lowest BCUT2D eigenvalue weighted by Gasteiger charge is -2.34. The molecule has 0 radical (unpaired) electrons. The molecular formula is C15H25N3O4. The molecule has 2 amide bonds. The van der Waals surface area contributed by atoms with Gasteiger partial charge in [0.2, 0.25) is 5.91 Å². The highest BCUT2D eigenvalue weighted by molar-refractivity contribution is 5.77. The Morgan fingerprint density at radius 3 is 2.77 bits per heavy atom. The number of nitrogens with one attached hydrogen (secondary N) is 1. The summed E-state index contributed by atoms with van der Waals surface area (Å²) in [5.74, 6) is -0.424. The van der Waals surface area contributed by atoms with Crippen molar-refractivity contribution in [3.05, 3.63) is 24.3 Å². The molecule has 124 valence electrons. The number of carbonyl (C=O) groups is 2. The number of nitrogens with two attached hydrogens (primary N) is 1. The Labute approximate surface area is 131 Å². The third kappa shape index (κ3) is 6.28. The van der Waals surface area contributed by atoms with E-state index in [0.717, 1.165) is 5.57 Å². The van der Waals surface area contributed by atoms with E-state index in [-0.39, 0.29) is 12.5 Å². The van der Waals surface area contributed by atoms with Gasteiger partial charge in [0.15, 0.2) is 0 Å². The summed E-state index contributed by atoms with van der Waals surface area (Å²) in [5.41, 5.74) is 8.32. The van der Waals surface area contributed by atoms with E-state index in [4.69, 9.17) is 15.3 Å². The lowest BCUT2D eigenvalue weighted by atomic mass is 10.00. The molecule has 3 N–H and O–H groups in total. The highest BCUT2D eigenvalue weighted by atomic mass is 16.6. The third-order valence-corrected chi connectivity index (χ3v) is 2.88. The monoisotopic (exact) mass is 311 g/mol. The second-order valence-corrected chi connectivity index (χ2v) is 6.08. The van der Waals surface area contributed by atoms with E-state index in [0.29, 0.717) is 19.7 Å². The van der Waals surface area contributed by atoms with Crippen molar-refractivity contribution in [1.82, 2.24) is 10.4 Å². The van der Waals surface area contributed by atoms with Crippen LogP contribution in [0, 0.1) is 0 Å². The van der Waals surface area contributed by atoms with Crippen LogP contribution in [-0.2, 0) is 14.4 Å². The van der Waals surface area contributed by atoms with E-state index in [9.17, 15) is 9.59 Å². The largest absolute Gasteiger partial charge is 0.444 e. The molecule has 0 aliphatic carbocycles. The van der Waals surface area contributed by atoms with E-state index < -0.39 is 17.6 Å². The molecule has 1 aliphatic rings. The summed E-state index contributed by atoms with van der Waals surface area (Å²) in [5, 5.41) is 0. The van der Waals surface area contributed by atoms with Gasteiger partial charge in [-0.3, -0.25) is 9.63 Å². The third-order valence-electron chi connectivity index (χ3n) is 2.88. The Morgan fingerprint density at radius 2 is 2.23 bits per heavy atom. The summed E-state index contributed by atoms with van der Waals surface area (Å²) in [6.45, 7) is 10.0. The van der Waals surface area contributed by atoms with Crippen LogP contribution < -0.4 is 11.2 Å². The second-order valence-electron chi connectivity index (χ2n) is 6.08. The smallest absolute Gasteiger partial charge is 0.410 e. The predicted octanol–water partition coefficient (Wildman–Crippen LogP) is 1.11. The van der Waals surface area contributed by atoms with Crippen LogP contribution >= 0.6 is 0 Å². The molecule has 0 aromatic heterocycles. The highest BCUT2D eigenvalue weighted by Crippen LogP contribution is 2.18. The molecule has 1 rings (SSSR count). The van der Waals surface area contributed by atoms with E-state index >= 15 is 0 Å². The Morgan fingerprint density at radius 1 is 1.55 bits per heavy atom. The van der Waals surface area contributed by atoms with Crippen LogP contribution in [0.4, 0.5) is 4.79 Å². The number of rotatable bonds is 6. The second kappa shape index (κ2) is 7.95. The van der Waals surface area contributed by atoms with Crippen molar-refractivity contribution >= 4 is 12.0 Å². The fraction of sp³-hybridized carbons (Fsp3) is 0.600. The summed E-state index contributed by atoms with van der Waals surface area (Å²) >= 11 is 0. The van der Waals surface area contributed by atoms with Gasteiger partial charge in [-0.25, -0.2) is 4.79 Å². The molecule has 0 spiro atoms. The number of nitrogens with zero attached hydrogens (tertiary/aromatic N) is 1. The normalized spacial score (nSPS) is 18.6. The van der Waals surface area contributed by atoms with Crippen molar-refractivity contribution in [3.8, 4) is 0 Å². The zero-order chi connectivity index (χ0) is 16.8. The number of hydrogen-bond acceptors (Lipinski definition) is 5. The van der Waals surface area contributed by atoms with Gasteiger partial charge in [-0.1, -0.05) is 12.2 Å². The van der Waals surface area contributed by atoms with Gasteiger partial charge >= 0.3 is 6.09 Å². The maximum atomic E-state index is 12.1. The molecule has 0 aromatic carbocycles. The summed E-state index contributed by atoms with van der Waals surface area (Å²) in [4.78, 5) is 30.0. The van der Waals surface area contributed by atoms with E-state index in [2.05, 4.69) is 12.1 Å². The molecule has 7 nitrogen and oxygen atoms in total. The molecule has 0 saturated heterocycles. The fourth-order valence-corrected chi connectivity index (χ4v) is 1.97. The van der Waals surface area contributed by atoms with Gasteiger partial charge in [0, 0.05) is 19.5 Å². The predicted molar refractivity (Wildman–Crippen MR) is 82.8 cm³/mol. The number of ether oxygens (including phenoxy) is 1. The molecule has 1 unspecified atom stereocenters. The Balaban J connectivity index is 2.74. The average molecular weight is 311 g/mol. The molecule has 0 saturated carbocycles. The molecular weight excluding hydrogens is 286 g/mol. The van der Waals surface area contributed by atoms with Crippen molar-refractivity contribution in [3.63, 3.8) is 0 Å². The van der Waals surface area contributed by atoms with Crippen molar-refractivity contribution in [2.24, 2.45) is 5.73 Å². The Hall–Kier alpha value is -1.86. The summed E-state index contributed by atoms with van der Waals surface area (Å²) in [6, 6.07) is -0.311. The maximum absolute atomic E-state index is 12.1. The quantitative estimate of drug-likeness (QED) is 0.435. The lowest BCUT2D eigenvalue weighted by molar-refractivity contribution is -0.117. The van der Waals surface area contributed by atoms with Gasteiger partial charge < -0.3 is 15.4 Å². The molecule has 0 fully saturated rings. The first-order valence-electron chi connectivity index (χ1n) is 7.16. The van der Waals surface area contributed by atoms with Crippen molar-refractivity contribution in [2.75, 3.05) is 19.7 Å². The average Bonchev–Trinajstić information content (AvgIpc) is 2.38. The van der Waals surface area contributed by atoms with Gasteiger partial charge in [0.25, 0.3) is 0 Å². The summed E-state index contributed by atoms with van der Waals surface area (Å²) in [6.07, 6.45) is 3.11. The van der Waals surface area contributed by atoms with Gasteiger partial charge in [-0.15, -0.1) is 6.58 Å². The van der Waals surface area contributed by atoms with Crippen LogP contribution in [0.15, 0.2) is 24.3 Å². The fourth-order valence-electron chi connectivity index (χ4n) is 1.97. The molecule has 7 heteroatoms. The molecule has 0 bridgehead atoms. The topological polar surface area (TPSA) is 93.9 Å². The lowest BCUT2D eigenvalue weighted by Crippen LogP contribution is -2.49. The van der Waals surface area contributed by atoms with Crippen LogP contribution in [0.5, 0.6) is 0 Å². The zero-order valence-electron chi connectivity index (χ0n) is 13.4.